The summed E-state index contributed by atoms with van der Waals surface area (Å²) in [5.41, 5.74) is 0.320. The second-order valence-electron chi connectivity index (χ2n) is 3.10. The largest absolute Gasteiger partial charge is 0.299 e. The Morgan fingerprint density at radius 1 is 1.53 bits per heavy atom. The Morgan fingerprint density at radius 2 is 2.20 bits per heavy atom. The summed E-state index contributed by atoms with van der Waals surface area (Å²) in [6, 6.07) is 4.23. The van der Waals surface area contributed by atoms with Crippen molar-refractivity contribution in [2.75, 3.05) is 0 Å². The number of benzene rings is 1. The van der Waals surface area contributed by atoms with Gasteiger partial charge in [0.05, 0.1) is 4.92 Å². The van der Waals surface area contributed by atoms with Crippen LogP contribution in [0.4, 0.5) is 5.69 Å². The molecule has 0 fully saturated rings. The van der Waals surface area contributed by atoms with E-state index in [1.165, 1.54) is 18.2 Å². The van der Waals surface area contributed by atoms with Crippen LogP contribution in [-0.4, -0.2) is 10.7 Å². The van der Waals surface area contributed by atoms with Gasteiger partial charge >= 0.3 is 0 Å². The van der Waals surface area contributed by atoms with Gasteiger partial charge in [-0.3, -0.25) is 14.9 Å². The van der Waals surface area contributed by atoms with E-state index >= 15 is 0 Å². The minimum absolute atomic E-state index is 0.0413. The topological polar surface area (TPSA) is 60.2 Å². The summed E-state index contributed by atoms with van der Waals surface area (Å²) in [7, 11) is 0. The standard InChI is InChI=1S/C10H10ClNO3/c1-2-9(13)6-7-5-8(11)3-4-10(7)12(14)15/h3-5H,2,6H2,1H3. The lowest BCUT2D eigenvalue weighted by Crippen LogP contribution is -2.03. The molecule has 0 saturated carbocycles. The number of hydrogen-bond acceptors (Lipinski definition) is 3. The van der Waals surface area contributed by atoms with Gasteiger partial charge in [0.15, 0.2) is 0 Å². The first-order chi connectivity index (χ1) is 7.04. The van der Waals surface area contributed by atoms with E-state index in [1.54, 1.807) is 6.92 Å². The molecule has 0 unspecified atom stereocenters. The van der Waals surface area contributed by atoms with Crippen LogP contribution in [0.1, 0.15) is 18.9 Å². The smallest absolute Gasteiger partial charge is 0.273 e. The van der Waals surface area contributed by atoms with Crippen LogP contribution in [0.15, 0.2) is 18.2 Å². The number of Topliss-reactive ketones (excluding diaryl/α,β-unsaturated/α-hetero) is 1. The number of nitro groups is 1. The molecular weight excluding hydrogens is 218 g/mol. The van der Waals surface area contributed by atoms with Gasteiger partial charge in [-0.25, -0.2) is 0 Å². The number of nitrogens with zero attached hydrogens (tertiary/aromatic N) is 1. The number of carbonyl (C=O) groups is 1. The Labute approximate surface area is 92.0 Å². The zero-order chi connectivity index (χ0) is 11.4. The van der Waals surface area contributed by atoms with Gasteiger partial charge in [0.25, 0.3) is 5.69 Å². The molecule has 15 heavy (non-hydrogen) atoms. The zero-order valence-corrected chi connectivity index (χ0v) is 8.95. The molecule has 0 aliphatic carbocycles. The molecule has 0 aliphatic rings. The van der Waals surface area contributed by atoms with E-state index < -0.39 is 4.92 Å². The predicted octanol–water partition coefficient (Wildman–Crippen LogP) is 2.77. The molecule has 80 valence electrons. The first-order valence-corrected chi connectivity index (χ1v) is 4.87. The number of ketones is 1. The zero-order valence-electron chi connectivity index (χ0n) is 8.20. The minimum Gasteiger partial charge on any atom is -0.299 e. The van der Waals surface area contributed by atoms with Crippen LogP contribution in [0.25, 0.3) is 0 Å². The molecule has 4 nitrogen and oxygen atoms in total. The quantitative estimate of drug-likeness (QED) is 0.587. The summed E-state index contributed by atoms with van der Waals surface area (Å²) in [4.78, 5) is 21.4. The molecule has 0 radical (unpaired) electrons. The van der Waals surface area contributed by atoms with E-state index in [9.17, 15) is 14.9 Å². The second-order valence-corrected chi connectivity index (χ2v) is 3.54. The fourth-order valence-electron chi connectivity index (χ4n) is 1.21. The minimum atomic E-state index is -0.505. The summed E-state index contributed by atoms with van der Waals surface area (Å²) in [5.74, 6) is -0.0413. The normalized spacial score (nSPS) is 10.0. The molecule has 1 aromatic carbocycles. The Morgan fingerprint density at radius 3 is 2.73 bits per heavy atom. The highest BCUT2D eigenvalue weighted by Gasteiger charge is 2.15. The highest BCUT2D eigenvalue weighted by molar-refractivity contribution is 6.30. The van der Waals surface area contributed by atoms with Crippen LogP contribution in [0.5, 0.6) is 0 Å². The summed E-state index contributed by atoms with van der Waals surface area (Å²) in [6.07, 6.45) is 0.428. The molecule has 0 saturated heterocycles. The summed E-state index contributed by atoms with van der Waals surface area (Å²) < 4.78 is 0. The molecule has 5 heteroatoms. The first-order valence-electron chi connectivity index (χ1n) is 4.49. The van der Waals surface area contributed by atoms with Crippen LogP contribution >= 0.6 is 11.6 Å². The number of carbonyl (C=O) groups excluding carboxylic acids is 1. The molecule has 0 N–H and O–H groups in total. The van der Waals surface area contributed by atoms with Gasteiger partial charge < -0.3 is 0 Å². The van der Waals surface area contributed by atoms with Crippen molar-refractivity contribution in [1.82, 2.24) is 0 Å². The molecule has 0 atom stereocenters. The lowest BCUT2D eigenvalue weighted by atomic mass is 10.1. The van der Waals surface area contributed by atoms with Crippen molar-refractivity contribution in [3.8, 4) is 0 Å². The van der Waals surface area contributed by atoms with E-state index in [0.29, 0.717) is 17.0 Å². The van der Waals surface area contributed by atoms with Crippen molar-refractivity contribution in [3.63, 3.8) is 0 Å². The van der Waals surface area contributed by atoms with Crippen molar-refractivity contribution < 1.29 is 9.72 Å². The molecule has 0 aromatic heterocycles. The van der Waals surface area contributed by atoms with Crippen LogP contribution < -0.4 is 0 Å². The Balaban J connectivity index is 3.07. The Hall–Kier alpha value is -1.42. The van der Waals surface area contributed by atoms with Crippen molar-refractivity contribution in [2.24, 2.45) is 0 Å². The molecule has 0 heterocycles. The van der Waals surface area contributed by atoms with E-state index in [0.717, 1.165) is 0 Å². The SMILES string of the molecule is CCC(=O)Cc1cc(Cl)ccc1[N+](=O)[O-]. The van der Waals surface area contributed by atoms with E-state index in [2.05, 4.69) is 0 Å². The third kappa shape index (κ3) is 3.02. The van der Waals surface area contributed by atoms with Gasteiger partial charge in [-0.2, -0.15) is 0 Å². The summed E-state index contributed by atoms with van der Waals surface area (Å²) >= 11 is 5.71. The van der Waals surface area contributed by atoms with Crippen LogP contribution in [0.2, 0.25) is 5.02 Å². The second kappa shape index (κ2) is 4.89. The lowest BCUT2D eigenvalue weighted by Gasteiger charge is -2.01. The highest BCUT2D eigenvalue weighted by atomic mass is 35.5. The third-order valence-electron chi connectivity index (χ3n) is 2.02. The number of hydrogen-bond donors (Lipinski definition) is 0. The van der Waals surface area contributed by atoms with E-state index in [4.69, 9.17) is 11.6 Å². The fraction of sp³-hybridized carbons (Fsp3) is 0.300. The van der Waals surface area contributed by atoms with Gasteiger partial charge in [0.1, 0.15) is 5.78 Å². The van der Waals surface area contributed by atoms with Crippen LogP contribution in [0.3, 0.4) is 0 Å². The first kappa shape index (κ1) is 11.7. The molecule has 1 aromatic rings. The Bertz CT molecular complexity index is 404. The van der Waals surface area contributed by atoms with Gasteiger partial charge in [0.2, 0.25) is 0 Å². The van der Waals surface area contributed by atoms with Crippen molar-refractivity contribution in [1.29, 1.82) is 0 Å². The molecule has 0 aliphatic heterocycles. The number of nitro benzene ring substituents is 1. The number of halogens is 1. The molecule has 0 spiro atoms. The molecule has 1 rings (SSSR count). The predicted molar refractivity (Wildman–Crippen MR) is 57.1 cm³/mol. The van der Waals surface area contributed by atoms with Gasteiger partial charge in [-0.1, -0.05) is 18.5 Å². The van der Waals surface area contributed by atoms with Gasteiger partial charge in [-0.05, 0) is 12.1 Å². The van der Waals surface area contributed by atoms with E-state index in [1.807, 2.05) is 0 Å². The van der Waals surface area contributed by atoms with E-state index in [-0.39, 0.29) is 17.9 Å². The average molecular weight is 228 g/mol. The van der Waals surface area contributed by atoms with Gasteiger partial charge in [0, 0.05) is 29.5 Å². The molecule has 0 bridgehead atoms. The molecular formula is C10H10ClNO3. The van der Waals surface area contributed by atoms with Crippen LogP contribution in [-0.2, 0) is 11.2 Å². The summed E-state index contributed by atoms with van der Waals surface area (Å²) in [6.45, 7) is 1.72. The molecule has 0 amide bonds. The monoisotopic (exact) mass is 227 g/mol. The van der Waals surface area contributed by atoms with Crippen LogP contribution in [0, 0.1) is 10.1 Å². The fourth-order valence-corrected chi connectivity index (χ4v) is 1.41. The maximum absolute atomic E-state index is 11.2. The van der Waals surface area contributed by atoms with Crippen molar-refractivity contribution >= 4 is 23.1 Å². The highest BCUT2D eigenvalue weighted by Crippen LogP contribution is 2.23. The third-order valence-corrected chi connectivity index (χ3v) is 2.26. The maximum atomic E-state index is 11.2. The Kier molecular flexibility index (Phi) is 3.80. The van der Waals surface area contributed by atoms with Crippen molar-refractivity contribution in [3.05, 3.63) is 38.9 Å². The maximum Gasteiger partial charge on any atom is 0.273 e. The lowest BCUT2D eigenvalue weighted by molar-refractivity contribution is -0.385. The summed E-state index contributed by atoms with van der Waals surface area (Å²) in [5, 5.41) is 11.1. The average Bonchev–Trinajstić information content (AvgIpc) is 2.17. The van der Waals surface area contributed by atoms with Crippen molar-refractivity contribution in [2.45, 2.75) is 19.8 Å². The van der Waals surface area contributed by atoms with Gasteiger partial charge in [-0.15, -0.1) is 0 Å². The number of rotatable bonds is 4.